The molecule has 0 saturated heterocycles. The molecule has 6 aliphatic carbocycles. The molecule has 0 aliphatic heterocycles. The summed E-state index contributed by atoms with van der Waals surface area (Å²) in [6, 6.07) is 0. The lowest BCUT2D eigenvalue weighted by Gasteiger charge is -2.31. The average molecular weight is 356 g/mol. The Morgan fingerprint density at radius 2 is 1.38 bits per heavy atom. The minimum atomic E-state index is -0.631. The molecule has 11 atom stereocenters. The van der Waals surface area contributed by atoms with E-state index >= 15 is 0 Å². The molecule has 4 bridgehead atoms. The van der Waals surface area contributed by atoms with Crippen LogP contribution >= 0.6 is 0 Å². The summed E-state index contributed by atoms with van der Waals surface area (Å²) in [6.45, 7) is 0. The van der Waals surface area contributed by atoms with Gasteiger partial charge < -0.3 is 9.84 Å². The number of fused-ring (bicyclic) bond motifs is 10. The van der Waals surface area contributed by atoms with Crippen molar-refractivity contribution in [1.82, 2.24) is 0 Å². The van der Waals surface area contributed by atoms with Crippen LogP contribution < -0.4 is 0 Å². The van der Waals surface area contributed by atoms with Gasteiger partial charge in [-0.1, -0.05) is 12.2 Å². The van der Waals surface area contributed by atoms with Crippen LogP contribution in [0.4, 0.5) is 0 Å². The summed E-state index contributed by atoms with van der Waals surface area (Å²) >= 11 is 0. The monoisotopic (exact) mass is 356 g/mol. The van der Waals surface area contributed by atoms with Crippen molar-refractivity contribution in [3.63, 3.8) is 0 Å². The van der Waals surface area contributed by atoms with E-state index in [1.165, 1.54) is 6.42 Å². The molecule has 0 aromatic heterocycles. The van der Waals surface area contributed by atoms with E-state index in [0.29, 0.717) is 23.7 Å². The van der Waals surface area contributed by atoms with Gasteiger partial charge in [-0.25, -0.2) is 0 Å². The SMILES string of the molecule is O=C(O)C1C[C@@H]2[C@H](C1)[C@@H]1C[C@H]2[C@@H](OC(=O)C2C[C@@H]3[C@H](C2)[C@H]2C=C[C@@H]3C2)C1. The molecule has 1 N–H and O–H groups in total. The second-order valence-electron chi connectivity index (χ2n) is 10.1. The van der Waals surface area contributed by atoms with Crippen LogP contribution in [0.15, 0.2) is 12.2 Å². The first kappa shape index (κ1) is 15.7. The average Bonchev–Trinajstić information content (AvgIpc) is 3.40. The number of aliphatic carboxylic acids is 1. The highest BCUT2D eigenvalue weighted by atomic mass is 16.5. The van der Waals surface area contributed by atoms with Crippen molar-refractivity contribution in [2.45, 2.75) is 51.0 Å². The van der Waals surface area contributed by atoms with Crippen LogP contribution in [0.25, 0.3) is 0 Å². The van der Waals surface area contributed by atoms with Crippen molar-refractivity contribution in [3.05, 3.63) is 12.2 Å². The molecule has 0 aromatic carbocycles. The predicted molar refractivity (Wildman–Crippen MR) is 93.9 cm³/mol. The van der Waals surface area contributed by atoms with Crippen molar-refractivity contribution >= 4 is 11.9 Å². The first-order valence-electron chi connectivity index (χ1n) is 10.7. The Hall–Kier alpha value is -1.32. The first-order valence-corrected chi connectivity index (χ1v) is 10.7. The summed E-state index contributed by atoms with van der Waals surface area (Å²) in [7, 11) is 0. The molecule has 0 aromatic rings. The Balaban J connectivity index is 1.10. The highest BCUT2D eigenvalue weighted by Crippen LogP contribution is 2.61. The van der Waals surface area contributed by atoms with Crippen LogP contribution in [0.5, 0.6) is 0 Å². The molecule has 6 aliphatic rings. The summed E-state index contributed by atoms with van der Waals surface area (Å²) in [4.78, 5) is 24.2. The van der Waals surface area contributed by atoms with E-state index in [1.54, 1.807) is 0 Å². The second-order valence-corrected chi connectivity index (χ2v) is 10.1. The van der Waals surface area contributed by atoms with Crippen molar-refractivity contribution in [3.8, 4) is 0 Å². The van der Waals surface area contributed by atoms with Crippen LogP contribution in [0.3, 0.4) is 0 Å². The Bertz CT molecular complexity index is 664. The van der Waals surface area contributed by atoms with Crippen molar-refractivity contribution in [2.24, 2.45) is 59.2 Å². The number of allylic oxidation sites excluding steroid dienone is 2. The van der Waals surface area contributed by atoms with Gasteiger partial charge in [-0.15, -0.1) is 0 Å². The smallest absolute Gasteiger partial charge is 0.309 e. The Morgan fingerprint density at radius 1 is 0.731 bits per heavy atom. The van der Waals surface area contributed by atoms with Gasteiger partial charge in [0.05, 0.1) is 11.8 Å². The molecule has 4 heteroatoms. The standard InChI is InChI=1S/C22H28O4/c23-21(24)13-5-17-12-4-19(18(17)6-13)20(9-12)26-22(25)14-7-15-10-1-2-11(3-10)16(15)8-14/h1-2,10-20H,3-9H2,(H,23,24)/t10-,11+,12-,13?,14?,15+,16-,17-,18-,19-,20+/m1/s1. The molecular formula is C22H28O4. The molecule has 6 rings (SSSR count). The van der Waals surface area contributed by atoms with E-state index in [4.69, 9.17) is 4.74 Å². The van der Waals surface area contributed by atoms with Gasteiger partial charge in [-0.3, -0.25) is 9.59 Å². The number of carboxylic acid groups (broad SMARTS) is 1. The van der Waals surface area contributed by atoms with Gasteiger partial charge in [0.2, 0.25) is 0 Å². The Kier molecular flexibility index (Phi) is 3.24. The van der Waals surface area contributed by atoms with Gasteiger partial charge in [-0.05, 0) is 92.3 Å². The fourth-order valence-corrected chi connectivity index (χ4v) is 8.26. The van der Waals surface area contributed by atoms with Gasteiger partial charge in [0.15, 0.2) is 0 Å². The predicted octanol–water partition coefficient (Wildman–Crippen LogP) is 3.51. The van der Waals surface area contributed by atoms with Crippen LogP contribution in [-0.4, -0.2) is 23.1 Å². The third-order valence-corrected chi connectivity index (χ3v) is 9.27. The van der Waals surface area contributed by atoms with Gasteiger partial charge >= 0.3 is 11.9 Å². The van der Waals surface area contributed by atoms with Gasteiger partial charge in [0, 0.05) is 0 Å². The highest BCUT2D eigenvalue weighted by Gasteiger charge is 2.59. The zero-order valence-corrected chi connectivity index (χ0v) is 15.1. The fraction of sp³-hybridized carbons (Fsp3) is 0.818. The quantitative estimate of drug-likeness (QED) is 0.621. The molecule has 4 nitrogen and oxygen atoms in total. The van der Waals surface area contributed by atoms with Gasteiger partial charge in [0.1, 0.15) is 6.10 Å². The van der Waals surface area contributed by atoms with Gasteiger partial charge in [0.25, 0.3) is 0 Å². The van der Waals surface area contributed by atoms with Crippen LogP contribution in [0.1, 0.15) is 44.9 Å². The molecule has 5 saturated carbocycles. The minimum Gasteiger partial charge on any atom is -0.481 e. The molecule has 0 spiro atoms. The van der Waals surface area contributed by atoms with Crippen LogP contribution in [-0.2, 0) is 14.3 Å². The molecular weight excluding hydrogens is 328 g/mol. The lowest BCUT2D eigenvalue weighted by Crippen LogP contribution is -2.33. The summed E-state index contributed by atoms with van der Waals surface area (Å²) < 4.78 is 6.08. The van der Waals surface area contributed by atoms with Crippen LogP contribution in [0.2, 0.25) is 0 Å². The van der Waals surface area contributed by atoms with E-state index < -0.39 is 5.97 Å². The number of carbonyl (C=O) groups excluding carboxylic acids is 1. The molecule has 0 radical (unpaired) electrons. The molecule has 5 fully saturated rings. The second kappa shape index (κ2) is 5.36. The summed E-state index contributed by atoms with van der Waals surface area (Å²) in [5.41, 5.74) is 0. The molecule has 140 valence electrons. The fourth-order valence-electron chi connectivity index (χ4n) is 8.26. The Labute approximate surface area is 154 Å². The molecule has 0 amide bonds. The maximum atomic E-state index is 12.9. The molecule has 26 heavy (non-hydrogen) atoms. The minimum absolute atomic E-state index is 0.0562. The summed E-state index contributed by atoms with van der Waals surface area (Å²) in [6.07, 6.45) is 12.0. The largest absolute Gasteiger partial charge is 0.481 e. The highest BCUT2D eigenvalue weighted by molar-refractivity contribution is 5.73. The summed E-state index contributed by atoms with van der Waals surface area (Å²) in [5, 5.41) is 9.35. The number of hydrogen-bond acceptors (Lipinski definition) is 3. The van der Waals surface area contributed by atoms with E-state index in [2.05, 4.69) is 12.2 Å². The summed E-state index contributed by atoms with van der Waals surface area (Å²) in [5.74, 6) is 4.33. The Morgan fingerprint density at radius 3 is 2.08 bits per heavy atom. The third-order valence-electron chi connectivity index (χ3n) is 9.27. The first-order chi connectivity index (χ1) is 12.6. The number of esters is 1. The number of hydrogen-bond donors (Lipinski definition) is 1. The lowest BCUT2D eigenvalue weighted by atomic mass is 9.80. The zero-order chi connectivity index (χ0) is 17.6. The lowest BCUT2D eigenvalue weighted by molar-refractivity contribution is -0.158. The van der Waals surface area contributed by atoms with E-state index in [0.717, 1.165) is 62.2 Å². The van der Waals surface area contributed by atoms with Crippen molar-refractivity contribution in [1.29, 1.82) is 0 Å². The molecule has 0 heterocycles. The van der Waals surface area contributed by atoms with Crippen molar-refractivity contribution < 1.29 is 19.4 Å². The zero-order valence-electron chi connectivity index (χ0n) is 15.1. The number of carbonyl (C=O) groups is 2. The van der Waals surface area contributed by atoms with E-state index in [1.807, 2.05) is 0 Å². The third kappa shape index (κ3) is 2.07. The normalized spacial score (nSPS) is 55.3. The van der Waals surface area contributed by atoms with Crippen molar-refractivity contribution in [2.75, 3.05) is 0 Å². The maximum Gasteiger partial charge on any atom is 0.309 e. The maximum absolute atomic E-state index is 12.9. The van der Waals surface area contributed by atoms with E-state index in [9.17, 15) is 14.7 Å². The topological polar surface area (TPSA) is 63.6 Å². The molecule has 2 unspecified atom stereocenters. The number of carboxylic acids is 1. The van der Waals surface area contributed by atoms with Gasteiger partial charge in [-0.2, -0.15) is 0 Å². The number of ether oxygens (including phenoxy) is 1. The number of rotatable bonds is 3. The van der Waals surface area contributed by atoms with Crippen LogP contribution in [0, 0.1) is 59.2 Å². The van der Waals surface area contributed by atoms with E-state index in [-0.39, 0.29) is 23.9 Å².